The average molecular weight is 449 g/mol. The van der Waals surface area contributed by atoms with Gasteiger partial charge in [0, 0.05) is 5.56 Å². The lowest BCUT2D eigenvalue weighted by molar-refractivity contribution is -0.121. The van der Waals surface area contributed by atoms with Gasteiger partial charge < -0.3 is 9.84 Å². The minimum Gasteiger partial charge on any atom is -0.511 e. The van der Waals surface area contributed by atoms with Crippen molar-refractivity contribution >= 4 is 45.9 Å². The first-order chi connectivity index (χ1) is 13.7. The Morgan fingerprint density at radius 2 is 1.83 bits per heavy atom. The van der Waals surface area contributed by atoms with Gasteiger partial charge in [-0.2, -0.15) is 0 Å². The minimum absolute atomic E-state index is 0.000257. The van der Waals surface area contributed by atoms with Crippen LogP contribution in [0.3, 0.4) is 0 Å². The molecule has 3 heterocycles. The summed E-state index contributed by atoms with van der Waals surface area (Å²) in [7, 11) is 0. The Bertz CT molecular complexity index is 1090. The van der Waals surface area contributed by atoms with Crippen LogP contribution in [0.4, 0.5) is 0 Å². The Labute approximate surface area is 184 Å². The maximum absolute atomic E-state index is 13.6. The van der Waals surface area contributed by atoms with Gasteiger partial charge in [-0.25, -0.2) is 0 Å². The number of benzene rings is 1. The SMILES string of the molecule is CCc1ccc(-c2cc(Cl)sc2Cl)cc1C1=C(O)[C@H]2[C@@H](C1=O)[C@]1(C)CC[C@@]2(C)O1. The number of carbonyl (C=O) groups is 1. The Morgan fingerprint density at radius 1 is 1.14 bits per heavy atom. The largest absolute Gasteiger partial charge is 0.511 e. The maximum atomic E-state index is 13.6. The van der Waals surface area contributed by atoms with E-state index in [1.54, 1.807) is 0 Å². The summed E-state index contributed by atoms with van der Waals surface area (Å²) in [6.45, 7) is 6.10. The molecule has 1 aromatic heterocycles. The first kappa shape index (κ1) is 19.6. The Kier molecular flexibility index (Phi) is 4.29. The number of aliphatic hydroxyl groups is 1. The molecule has 6 heteroatoms. The number of halogens is 2. The second-order valence-electron chi connectivity index (χ2n) is 8.77. The highest BCUT2D eigenvalue weighted by molar-refractivity contribution is 7.20. The lowest BCUT2D eigenvalue weighted by atomic mass is 9.68. The fourth-order valence-corrected chi connectivity index (χ4v) is 7.19. The van der Waals surface area contributed by atoms with E-state index in [2.05, 4.69) is 6.92 Å². The zero-order valence-electron chi connectivity index (χ0n) is 16.5. The molecule has 2 bridgehead atoms. The van der Waals surface area contributed by atoms with Gasteiger partial charge in [-0.1, -0.05) is 42.3 Å². The molecule has 2 saturated heterocycles. The number of hydrogen-bond donors (Lipinski definition) is 1. The van der Waals surface area contributed by atoms with Crippen molar-refractivity contribution in [3.63, 3.8) is 0 Å². The zero-order valence-corrected chi connectivity index (χ0v) is 18.8. The third-order valence-electron chi connectivity index (χ3n) is 7.04. The lowest BCUT2D eigenvalue weighted by Gasteiger charge is -2.30. The maximum Gasteiger partial charge on any atom is 0.173 e. The number of carbonyl (C=O) groups excluding carboxylic acids is 1. The summed E-state index contributed by atoms with van der Waals surface area (Å²) in [6, 6.07) is 7.83. The molecule has 0 amide bonds. The molecular formula is C23H22Cl2O3S. The number of ketones is 1. The number of allylic oxidation sites excluding steroid dienone is 1. The van der Waals surface area contributed by atoms with E-state index in [-0.39, 0.29) is 23.4 Å². The molecule has 4 atom stereocenters. The molecule has 2 fully saturated rings. The molecule has 1 N–H and O–H groups in total. The number of ether oxygens (including phenoxy) is 1. The molecule has 152 valence electrons. The van der Waals surface area contributed by atoms with E-state index >= 15 is 0 Å². The fourth-order valence-electron chi connectivity index (χ4n) is 5.68. The van der Waals surface area contributed by atoms with Crippen LogP contribution in [0.1, 0.15) is 44.7 Å². The molecular weight excluding hydrogens is 427 g/mol. The first-order valence-corrected chi connectivity index (χ1v) is 11.5. The van der Waals surface area contributed by atoms with E-state index in [0.717, 1.165) is 41.5 Å². The molecule has 0 radical (unpaired) electrons. The van der Waals surface area contributed by atoms with Crippen LogP contribution >= 0.6 is 34.5 Å². The van der Waals surface area contributed by atoms with Gasteiger partial charge in [0.15, 0.2) is 5.78 Å². The predicted octanol–water partition coefficient (Wildman–Crippen LogP) is 6.71. The Hall–Kier alpha value is -1.33. The van der Waals surface area contributed by atoms with Crippen molar-refractivity contribution in [1.82, 2.24) is 0 Å². The van der Waals surface area contributed by atoms with Gasteiger partial charge in [-0.05, 0) is 61.9 Å². The van der Waals surface area contributed by atoms with Crippen LogP contribution in [0, 0.1) is 11.8 Å². The smallest absolute Gasteiger partial charge is 0.173 e. The standard InChI is InChI=1S/C23H22Cl2O3S/c1-4-11-5-6-12(14-10-15(24)29-21(14)25)9-13(11)16-19(26)17-18(20(16)27)23(3)8-7-22(17,2)28-23/h5-6,9-10,17-18,26H,4,7-8H2,1-3H3/t17-,18+,22-,23+/m1/s1. The van der Waals surface area contributed by atoms with Crippen LogP contribution in [-0.2, 0) is 16.0 Å². The van der Waals surface area contributed by atoms with Gasteiger partial charge in [0.25, 0.3) is 0 Å². The van der Waals surface area contributed by atoms with Gasteiger partial charge in [-0.3, -0.25) is 4.79 Å². The van der Waals surface area contributed by atoms with E-state index < -0.39 is 11.2 Å². The molecule has 1 aromatic carbocycles. The second kappa shape index (κ2) is 6.34. The summed E-state index contributed by atoms with van der Waals surface area (Å²) in [5.74, 6) is -0.396. The molecule has 0 saturated carbocycles. The van der Waals surface area contributed by atoms with Crippen molar-refractivity contribution in [2.45, 2.75) is 51.2 Å². The molecule has 2 aliphatic heterocycles. The molecule has 0 spiro atoms. The monoisotopic (exact) mass is 448 g/mol. The van der Waals surface area contributed by atoms with Crippen molar-refractivity contribution in [1.29, 1.82) is 0 Å². The van der Waals surface area contributed by atoms with E-state index in [1.165, 1.54) is 11.3 Å². The second-order valence-corrected chi connectivity index (χ2v) is 11.1. The van der Waals surface area contributed by atoms with Gasteiger partial charge >= 0.3 is 0 Å². The highest BCUT2D eigenvalue weighted by atomic mass is 35.5. The number of thiophene rings is 1. The van der Waals surface area contributed by atoms with Crippen LogP contribution in [0.25, 0.3) is 16.7 Å². The van der Waals surface area contributed by atoms with Gasteiger partial charge in [0.1, 0.15) is 10.1 Å². The molecule has 5 rings (SSSR count). The fraction of sp³-hybridized carbons (Fsp3) is 0.435. The van der Waals surface area contributed by atoms with Gasteiger partial charge in [0.05, 0.1) is 32.9 Å². The summed E-state index contributed by atoms with van der Waals surface area (Å²) in [4.78, 5) is 13.6. The van der Waals surface area contributed by atoms with Crippen molar-refractivity contribution < 1.29 is 14.6 Å². The quantitative estimate of drug-likeness (QED) is 0.567. The zero-order chi connectivity index (χ0) is 20.7. The molecule has 3 nitrogen and oxygen atoms in total. The lowest BCUT2D eigenvalue weighted by Crippen LogP contribution is -2.39. The minimum atomic E-state index is -0.500. The highest BCUT2D eigenvalue weighted by Crippen LogP contribution is 2.63. The summed E-state index contributed by atoms with van der Waals surface area (Å²) in [5.41, 5.74) is 3.05. The predicted molar refractivity (Wildman–Crippen MR) is 118 cm³/mol. The van der Waals surface area contributed by atoms with Crippen molar-refractivity contribution in [3.8, 4) is 11.1 Å². The molecule has 2 aromatic rings. The number of rotatable bonds is 3. The molecule has 0 unspecified atom stereocenters. The number of aliphatic hydroxyl groups excluding tert-OH is 1. The van der Waals surface area contributed by atoms with Crippen LogP contribution in [0.15, 0.2) is 30.0 Å². The van der Waals surface area contributed by atoms with Crippen molar-refractivity contribution in [2.75, 3.05) is 0 Å². The Balaban J connectivity index is 1.68. The molecule has 3 aliphatic rings. The van der Waals surface area contributed by atoms with Crippen LogP contribution in [0.2, 0.25) is 8.67 Å². The molecule has 29 heavy (non-hydrogen) atoms. The van der Waals surface area contributed by atoms with Crippen LogP contribution in [0.5, 0.6) is 0 Å². The summed E-state index contributed by atoms with van der Waals surface area (Å²) in [6.07, 6.45) is 2.47. The summed E-state index contributed by atoms with van der Waals surface area (Å²) < 4.78 is 7.50. The first-order valence-electron chi connectivity index (χ1n) is 9.94. The third-order valence-corrected chi connectivity index (χ3v) is 8.53. The average Bonchev–Trinajstić information content (AvgIpc) is 3.33. The summed E-state index contributed by atoms with van der Waals surface area (Å²) >= 11 is 13.8. The van der Waals surface area contributed by atoms with E-state index in [0.29, 0.717) is 14.2 Å². The van der Waals surface area contributed by atoms with E-state index in [4.69, 9.17) is 27.9 Å². The normalized spacial score (nSPS) is 33.1. The number of fused-ring (bicyclic) bond motifs is 5. The summed E-state index contributed by atoms with van der Waals surface area (Å²) in [5, 5.41) is 11.3. The van der Waals surface area contributed by atoms with Gasteiger partial charge in [-0.15, -0.1) is 11.3 Å². The van der Waals surface area contributed by atoms with Crippen molar-refractivity contribution in [3.05, 3.63) is 49.8 Å². The van der Waals surface area contributed by atoms with Crippen LogP contribution in [-0.4, -0.2) is 22.1 Å². The number of aryl methyl sites for hydroxylation is 1. The highest BCUT2D eigenvalue weighted by Gasteiger charge is 2.69. The third kappa shape index (κ3) is 2.62. The van der Waals surface area contributed by atoms with Crippen molar-refractivity contribution in [2.24, 2.45) is 11.8 Å². The van der Waals surface area contributed by atoms with E-state index in [1.807, 2.05) is 38.1 Å². The molecule has 1 aliphatic carbocycles. The number of hydrogen-bond acceptors (Lipinski definition) is 4. The van der Waals surface area contributed by atoms with Crippen LogP contribution < -0.4 is 0 Å². The topological polar surface area (TPSA) is 46.5 Å². The number of Topliss-reactive ketones (excluding diaryl/α,β-unsaturated/α-hetero) is 1. The Morgan fingerprint density at radius 3 is 2.41 bits per heavy atom. The van der Waals surface area contributed by atoms with E-state index in [9.17, 15) is 9.90 Å². The van der Waals surface area contributed by atoms with Gasteiger partial charge in [0.2, 0.25) is 0 Å².